The molecule has 0 bridgehead atoms. The van der Waals surface area contributed by atoms with E-state index >= 15 is 0 Å². The van der Waals surface area contributed by atoms with Gasteiger partial charge in [0.2, 0.25) is 0 Å². The lowest BCUT2D eigenvalue weighted by Gasteiger charge is -2.01. The molecule has 0 N–H and O–H groups in total. The van der Waals surface area contributed by atoms with Crippen LogP contribution in [-0.2, 0) is 0 Å². The van der Waals surface area contributed by atoms with Gasteiger partial charge < -0.3 is 0 Å². The fraction of sp³-hybridized carbons (Fsp3) is 0. The summed E-state index contributed by atoms with van der Waals surface area (Å²) in [6, 6.07) is 3.99. The van der Waals surface area contributed by atoms with Crippen LogP contribution in [0.4, 0.5) is 0 Å². The van der Waals surface area contributed by atoms with Crippen molar-refractivity contribution in [2.75, 3.05) is 0 Å². The molecular formula is C8H5Br3. The van der Waals surface area contributed by atoms with Crippen LogP contribution >= 0.6 is 47.8 Å². The van der Waals surface area contributed by atoms with Crippen LogP contribution in [-0.4, -0.2) is 0 Å². The van der Waals surface area contributed by atoms with Gasteiger partial charge in [-0.25, -0.2) is 0 Å². The minimum absolute atomic E-state index is 1.03. The Morgan fingerprint density at radius 1 is 1.18 bits per heavy atom. The Balaban J connectivity index is 3.35. The minimum atomic E-state index is 1.03. The van der Waals surface area contributed by atoms with E-state index in [1.54, 1.807) is 6.08 Å². The van der Waals surface area contributed by atoms with Crippen molar-refractivity contribution in [2.24, 2.45) is 0 Å². The fourth-order valence-corrected chi connectivity index (χ4v) is 2.37. The molecule has 0 heterocycles. The van der Waals surface area contributed by atoms with Crippen LogP contribution in [0.2, 0.25) is 0 Å². The van der Waals surface area contributed by atoms with E-state index in [-0.39, 0.29) is 0 Å². The zero-order valence-electron chi connectivity index (χ0n) is 5.57. The third-order valence-electron chi connectivity index (χ3n) is 1.24. The molecule has 58 valence electrons. The lowest BCUT2D eigenvalue weighted by molar-refractivity contribution is 1.52. The molecule has 1 rings (SSSR count). The maximum Gasteiger partial charge on any atom is 0.0390 e. The summed E-state index contributed by atoms with van der Waals surface area (Å²) in [6.07, 6.45) is 1.81. The first-order chi connectivity index (χ1) is 5.15. The number of rotatable bonds is 1. The first-order valence-corrected chi connectivity index (χ1v) is 5.30. The van der Waals surface area contributed by atoms with E-state index < -0.39 is 0 Å². The van der Waals surface area contributed by atoms with Crippen molar-refractivity contribution in [2.45, 2.75) is 0 Å². The van der Waals surface area contributed by atoms with Crippen molar-refractivity contribution in [1.29, 1.82) is 0 Å². The Kier molecular flexibility index (Phi) is 3.34. The van der Waals surface area contributed by atoms with E-state index in [4.69, 9.17) is 0 Å². The predicted octanol–water partition coefficient (Wildman–Crippen LogP) is 4.62. The molecule has 0 saturated carbocycles. The highest BCUT2D eigenvalue weighted by Gasteiger charge is 2.01. The largest absolute Gasteiger partial charge is 0.0984 e. The molecule has 0 saturated heterocycles. The molecule has 1 aromatic rings. The number of halogens is 3. The maximum absolute atomic E-state index is 3.70. The Bertz CT molecular complexity index is 292. The van der Waals surface area contributed by atoms with Gasteiger partial charge in [0.25, 0.3) is 0 Å². The van der Waals surface area contributed by atoms with Crippen LogP contribution in [0, 0.1) is 0 Å². The zero-order chi connectivity index (χ0) is 8.43. The smallest absolute Gasteiger partial charge is 0.0390 e. The van der Waals surface area contributed by atoms with Crippen LogP contribution in [0.1, 0.15) is 5.56 Å². The maximum atomic E-state index is 3.70. The number of hydrogen-bond donors (Lipinski definition) is 0. The molecule has 0 amide bonds. The fourth-order valence-electron chi connectivity index (χ4n) is 0.724. The van der Waals surface area contributed by atoms with Crippen molar-refractivity contribution >= 4 is 53.9 Å². The summed E-state index contributed by atoms with van der Waals surface area (Å²) in [4.78, 5) is 0. The SMILES string of the molecule is C=Cc1cc(Br)cc(Br)c1Br. The number of hydrogen-bond acceptors (Lipinski definition) is 0. The van der Waals surface area contributed by atoms with Crippen molar-refractivity contribution in [3.63, 3.8) is 0 Å². The van der Waals surface area contributed by atoms with Crippen LogP contribution < -0.4 is 0 Å². The molecule has 0 fully saturated rings. The second-order valence-corrected chi connectivity index (χ2v) is 4.56. The first-order valence-electron chi connectivity index (χ1n) is 2.92. The van der Waals surface area contributed by atoms with Gasteiger partial charge in [-0.1, -0.05) is 28.6 Å². The monoisotopic (exact) mass is 338 g/mol. The van der Waals surface area contributed by atoms with E-state index in [1.807, 2.05) is 12.1 Å². The van der Waals surface area contributed by atoms with Gasteiger partial charge in [-0.3, -0.25) is 0 Å². The molecule has 0 aromatic heterocycles. The van der Waals surface area contributed by atoms with E-state index in [2.05, 4.69) is 54.4 Å². The van der Waals surface area contributed by atoms with Gasteiger partial charge in [0.1, 0.15) is 0 Å². The highest BCUT2D eigenvalue weighted by molar-refractivity contribution is 9.13. The van der Waals surface area contributed by atoms with Gasteiger partial charge in [-0.2, -0.15) is 0 Å². The van der Waals surface area contributed by atoms with Gasteiger partial charge in [0.05, 0.1) is 0 Å². The quantitative estimate of drug-likeness (QED) is 0.654. The van der Waals surface area contributed by atoms with Crippen molar-refractivity contribution < 1.29 is 0 Å². The van der Waals surface area contributed by atoms with Crippen LogP contribution in [0.5, 0.6) is 0 Å². The van der Waals surface area contributed by atoms with Crippen LogP contribution in [0.3, 0.4) is 0 Å². The summed E-state index contributed by atoms with van der Waals surface area (Å²) >= 11 is 10.2. The molecule has 3 heteroatoms. The third-order valence-corrected chi connectivity index (χ3v) is 3.74. The first kappa shape index (κ1) is 9.49. The van der Waals surface area contributed by atoms with E-state index in [0.717, 1.165) is 19.0 Å². The molecule has 0 atom stereocenters. The standard InChI is InChI=1S/C8H5Br3/c1-2-5-3-6(9)4-7(10)8(5)11/h2-4H,1H2. The Labute approximate surface area is 91.1 Å². The Morgan fingerprint density at radius 3 is 2.36 bits per heavy atom. The van der Waals surface area contributed by atoms with E-state index in [0.29, 0.717) is 0 Å². The number of benzene rings is 1. The molecule has 0 radical (unpaired) electrons. The van der Waals surface area contributed by atoms with Gasteiger partial charge in [-0.05, 0) is 49.6 Å². The highest BCUT2D eigenvalue weighted by atomic mass is 79.9. The second-order valence-electron chi connectivity index (χ2n) is 1.99. The molecular weight excluding hydrogens is 336 g/mol. The summed E-state index contributed by atoms with van der Waals surface area (Å²) in [7, 11) is 0. The van der Waals surface area contributed by atoms with E-state index in [9.17, 15) is 0 Å². The van der Waals surface area contributed by atoms with Gasteiger partial charge in [-0.15, -0.1) is 0 Å². The van der Waals surface area contributed by atoms with Gasteiger partial charge in [0.15, 0.2) is 0 Å². The Morgan fingerprint density at radius 2 is 1.82 bits per heavy atom. The molecule has 0 nitrogen and oxygen atoms in total. The average molecular weight is 341 g/mol. The predicted molar refractivity (Wildman–Crippen MR) is 59.6 cm³/mol. The van der Waals surface area contributed by atoms with Gasteiger partial charge >= 0.3 is 0 Å². The van der Waals surface area contributed by atoms with E-state index in [1.165, 1.54) is 0 Å². The second kappa shape index (κ2) is 3.87. The summed E-state index contributed by atoms with van der Waals surface area (Å²) in [5.41, 5.74) is 1.08. The highest BCUT2D eigenvalue weighted by Crippen LogP contribution is 2.30. The van der Waals surface area contributed by atoms with Crippen molar-refractivity contribution in [1.82, 2.24) is 0 Å². The molecule has 0 unspecified atom stereocenters. The Hall–Kier alpha value is 0.400. The average Bonchev–Trinajstić information content (AvgIpc) is 1.96. The summed E-state index contributed by atoms with van der Waals surface area (Å²) in [6.45, 7) is 3.70. The third kappa shape index (κ3) is 2.17. The lowest BCUT2D eigenvalue weighted by atomic mass is 10.2. The van der Waals surface area contributed by atoms with Gasteiger partial charge in [0, 0.05) is 13.4 Å². The zero-order valence-corrected chi connectivity index (χ0v) is 10.3. The molecule has 0 aliphatic rings. The molecule has 1 aromatic carbocycles. The van der Waals surface area contributed by atoms with Crippen LogP contribution in [0.15, 0.2) is 32.1 Å². The minimum Gasteiger partial charge on any atom is -0.0984 e. The lowest BCUT2D eigenvalue weighted by Crippen LogP contribution is -1.77. The molecule has 0 aliphatic carbocycles. The summed E-state index contributed by atoms with van der Waals surface area (Å²) < 4.78 is 3.11. The molecule has 0 spiro atoms. The topological polar surface area (TPSA) is 0 Å². The van der Waals surface area contributed by atoms with Crippen molar-refractivity contribution in [3.05, 3.63) is 37.7 Å². The van der Waals surface area contributed by atoms with Crippen molar-refractivity contribution in [3.8, 4) is 0 Å². The molecule has 0 aliphatic heterocycles. The summed E-state index contributed by atoms with van der Waals surface area (Å²) in [5, 5.41) is 0. The normalized spacial score (nSPS) is 9.73. The molecule has 11 heavy (non-hydrogen) atoms. The van der Waals surface area contributed by atoms with Crippen LogP contribution in [0.25, 0.3) is 6.08 Å². The summed E-state index contributed by atoms with van der Waals surface area (Å²) in [5.74, 6) is 0.